The van der Waals surface area contributed by atoms with Crippen LogP contribution in [-0.4, -0.2) is 43.0 Å². The predicted molar refractivity (Wildman–Crippen MR) is 114 cm³/mol. The second-order valence-corrected chi connectivity index (χ2v) is 7.08. The van der Waals surface area contributed by atoms with Gasteiger partial charge in [0.1, 0.15) is 18.0 Å². The minimum absolute atomic E-state index is 0.0491. The van der Waals surface area contributed by atoms with Gasteiger partial charge in [-0.15, -0.1) is 0 Å². The Kier molecular flexibility index (Phi) is 8.52. The van der Waals surface area contributed by atoms with Gasteiger partial charge in [0.15, 0.2) is 6.61 Å². The summed E-state index contributed by atoms with van der Waals surface area (Å²) in [5, 5.41) is 2.80. The minimum atomic E-state index is -0.274. The summed E-state index contributed by atoms with van der Waals surface area (Å²) in [7, 11) is 1.57. The van der Waals surface area contributed by atoms with Crippen molar-refractivity contribution in [1.29, 1.82) is 0 Å². The highest BCUT2D eigenvalue weighted by Crippen LogP contribution is 2.17. The largest absolute Gasteiger partial charge is 0.497 e. The zero-order valence-corrected chi connectivity index (χ0v) is 17.6. The summed E-state index contributed by atoms with van der Waals surface area (Å²) in [4.78, 5) is 26.5. The Morgan fingerprint density at radius 2 is 1.79 bits per heavy atom. The van der Waals surface area contributed by atoms with Gasteiger partial charge < -0.3 is 19.7 Å². The monoisotopic (exact) mass is 398 g/mol. The Morgan fingerprint density at radius 1 is 1.07 bits per heavy atom. The third-order valence-corrected chi connectivity index (χ3v) is 4.44. The zero-order valence-electron chi connectivity index (χ0n) is 17.6. The first kappa shape index (κ1) is 22.3. The molecule has 6 nitrogen and oxygen atoms in total. The molecule has 0 fully saturated rings. The predicted octanol–water partition coefficient (Wildman–Crippen LogP) is 3.90. The third kappa shape index (κ3) is 7.14. The molecule has 6 heteroatoms. The van der Waals surface area contributed by atoms with E-state index in [4.69, 9.17) is 9.47 Å². The van der Waals surface area contributed by atoms with E-state index in [1.54, 1.807) is 31.4 Å². The highest BCUT2D eigenvalue weighted by molar-refractivity contribution is 5.95. The number of carbonyl (C=O) groups excluding carboxylic acids is 2. The second-order valence-electron chi connectivity index (χ2n) is 7.08. The topological polar surface area (TPSA) is 67.9 Å². The Hall–Kier alpha value is -3.02. The summed E-state index contributed by atoms with van der Waals surface area (Å²) in [5.74, 6) is 0.781. The van der Waals surface area contributed by atoms with Gasteiger partial charge in [0.25, 0.3) is 5.91 Å². The van der Waals surface area contributed by atoms with Crippen molar-refractivity contribution in [2.75, 3.05) is 25.6 Å². The van der Waals surface area contributed by atoms with Crippen LogP contribution < -0.4 is 14.8 Å². The summed E-state index contributed by atoms with van der Waals surface area (Å²) >= 11 is 0. The van der Waals surface area contributed by atoms with Crippen molar-refractivity contribution in [1.82, 2.24) is 4.90 Å². The van der Waals surface area contributed by atoms with E-state index in [1.807, 2.05) is 38.1 Å². The Labute approximate surface area is 172 Å². The van der Waals surface area contributed by atoms with Gasteiger partial charge in [0, 0.05) is 17.8 Å². The van der Waals surface area contributed by atoms with Gasteiger partial charge in [-0.2, -0.15) is 0 Å². The molecule has 0 spiro atoms. The number of rotatable bonds is 10. The van der Waals surface area contributed by atoms with E-state index in [-0.39, 0.29) is 31.0 Å². The number of hydrogen-bond donors (Lipinski definition) is 1. The summed E-state index contributed by atoms with van der Waals surface area (Å²) in [6.07, 6.45) is 2.10. The molecule has 0 aliphatic heterocycles. The van der Waals surface area contributed by atoms with Crippen LogP contribution in [0.1, 0.15) is 32.8 Å². The first-order valence-corrected chi connectivity index (χ1v) is 9.88. The van der Waals surface area contributed by atoms with Crippen LogP contribution in [0.15, 0.2) is 48.5 Å². The van der Waals surface area contributed by atoms with Gasteiger partial charge in [0.2, 0.25) is 5.91 Å². The van der Waals surface area contributed by atoms with Crippen LogP contribution in [0.2, 0.25) is 0 Å². The molecule has 0 radical (unpaired) electrons. The maximum atomic E-state index is 12.6. The molecule has 0 aromatic heterocycles. The standard InChI is InChI=1S/C23H30N2O4/c1-5-7-18-10-12-20(13-11-18)29-16-23(27)25(17(2)3)15-22(26)24-19-8-6-9-21(14-19)28-4/h6,8-14,17H,5,7,15-16H2,1-4H3,(H,24,26). The second kappa shape index (κ2) is 11.1. The fourth-order valence-corrected chi connectivity index (χ4v) is 2.88. The van der Waals surface area contributed by atoms with Gasteiger partial charge in [-0.05, 0) is 50.1 Å². The first-order chi connectivity index (χ1) is 13.9. The summed E-state index contributed by atoms with van der Waals surface area (Å²) in [5.41, 5.74) is 1.86. The molecule has 2 aromatic carbocycles. The van der Waals surface area contributed by atoms with Gasteiger partial charge in [0.05, 0.1) is 7.11 Å². The lowest BCUT2D eigenvalue weighted by Crippen LogP contribution is -2.44. The van der Waals surface area contributed by atoms with Crippen LogP contribution >= 0.6 is 0 Å². The molecule has 0 atom stereocenters. The number of nitrogens with one attached hydrogen (secondary N) is 1. The Balaban J connectivity index is 1.91. The van der Waals surface area contributed by atoms with Crippen LogP contribution in [0.5, 0.6) is 11.5 Å². The molecule has 0 aliphatic carbocycles. The molecule has 0 heterocycles. The molecular weight excluding hydrogens is 368 g/mol. The average molecular weight is 399 g/mol. The Bertz CT molecular complexity index is 803. The number of benzene rings is 2. The number of nitrogens with zero attached hydrogens (tertiary/aromatic N) is 1. The molecule has 0 bridgehead atoms. The maximum Gasteiger partial charge on any atom is 0.261 e. The highest BCUT2D eigenvalue weighted by Gasteiger charge is 2.21. The maximum absolute atomic E-state index is 12.6. The highest BCUT2D eigenvalue weighted by atomic mass is 16.5. The first-order valence-electron chi connectivity index (χ1n) is 9.88. The lowest BCUT2D eigenvalue weighted by atomic mass is 10.1. The third-order valence-electron chi connectivity index (χ3n) is 4.44. The van der Waals surface area contributed by atoms with Gasteiger partial charge >= 0.3 is 0 Å². The minimum Gasteiger partial charge on any atom is -0.497 e. The molecule has 2 aromatic rings. The van der Waals surface area contributed by atoms with Gasteiger partial charge in [-0.1, -0.05) is 31.5 Å². The van der Waals surface area contributed by atoms with Crippen LogP contribution in [0, 0.1) is 0 Å². The summed E-state index contributed by atoms with van der Waals surface area (Å²) in [6.45, 7) is 5.71. The zero-order chi connectivity index (χ0) is 21.2. The van der Waals surface area contributed by atoms with Crippen molar-refractivity contribution in [3.63, 3.8) is 0 Å². The van der Waals surface area contributed by atoms with E-state index in [9.17, 15) is 9.59 Å². The van der Waals surface area contributed by atoms with E-state index in [2.05, 4.69) is 12.2 Å². The average Bonchev–Trinajstić information content (AvgIpc) is 2.71. The van der Waals surface area contributed by atoms with Gasteiger partial charge in [-0.25, -0.2) is 0 Å². The number of aryl methyl sites for hydroxylation is 1. The lowest BCUT2D eigenvalue weighted by Gasteiger charge is -2.26. The van der Waals surface area contributed by atoms with Crippen molar-refractivity contribution < 1.29 is 19.1 Å². The SMILES string of the molecule is CCCc1ccc(OCC(=O)N(CC(=O)Nc2cccc(OC)c2)C(C)C)cc1. The van der Waals surface area contributed by atoms with E-state index in [0.717, 1.165) is 12.8 Å². The molecule has 156 valence electrons. The van der Waals surface area contributed by atoms with Crippen molar-refractivity contribution in [2.45, 2.75) is 39.7 Å². The van der Waals surface area contributed by atoms with Crippen molar-refractivity contribution in [2.24, 2.45) is 0 Å². The molecule has 2 amide bonds. The van der Waals surface area contributed by atoms with Crippen LogP contribution in [-0.2, 0) is 16.0 Å². The molecule has 0 aliphatic rings. The smallest absolute Gasteiger partial charge is 0.261 e. The van der Waals surface area contributed by atoms with E-state index in [0.29, 0.717) is 17.2 Å². The quantitative estimate of drug-likeness (QED) is 0.659. The van der Waals surface area contributed by atoms with Crippen molar-refractivity contribution in [3.05, 3.63) is 54.1 Å². The molecular formula is C23H30N2O4. The van der Waals surface area contributed by atoms with E-state index >= 15 is 0 Å². The Morgan fingerprint density at radius 3 is 2.41 bits per heavy atom. The summed E-state index contributed by atoms with van der Waals surface area (Å²) < 4.78 is 10.8. The van der Waals surface area contributed by atoms with Crippen molar-refractivity contribution in [3.8, 4) is 11.5 Å². The number of ether oxygens (including phenoxy) is 2. The van der Waals surface area contributed by atoms with E-state index < -0.39 is 0 Å². The number of anilines is 1. The molecule has 1 N–H and O–H groups in total. The fraction of sp³-hybridized carbons (Fsp3) is 0.391. The number of carbonyl (C=O) groups is 2. The number of amides is 2. The normalized spacial score (nSPS) is 10.5. The molecule has 2 rings (SSSR count). The van der Waals surface area contributed by atoms with Crippen LogP contribution in [0.25, 0.3) is 0 Å². The molecule has 0 saturated heterocycles. The fourth-order valence-electron chi connectivity index (χ4n) is 2.88. The summed E-state index contributed by atoms with van der Waals surface area (Å²) in [6, 6.07) is 14.7. The molecule has 29 heavy (non-hydrogen) atoms. The number of methoxy groups -OCH3 is 1. The number of hydrogen-bond acceptors (Lipinski definition) is 4. The van der Waals surface area contributed by atoms with Crippen LogP contribution in [0.4, 0.5) is 5.69 Å². The van der Waals surface area contributed by atoms with Gasteiger partial charge in [-0.3, -0.25) is 9.59 Å². The van der Waals surface area contributed by atoms with Crippen LogP contribution in [0.3, 0.4) is 0 Å². The molecule has 0 saturated carbocycles. The lowest BCUT2D eigenvalue weighted by molar-refractivity contribution is -0.138. The van der Waals surface area contributed by atoms with Crippen molar-refractivity contribution >= 4 is 17.5 Å². The molecule has 0 unspecified atom stereocenters. The van der Waals surface area contributed by atoms with E-state index in [1.165, 1.54) is 10.5 Å².